The second kappa shape index (κ2) is 8.39. The van der Waals surface area contributed by atoms with E-state index in [0.29, 0.717) is 11.7 Å². The second-order valence-corrected chi connectivity index (χ2v) is 9.48. The van der Waals surface area contributed by atoms with Crippen LogP contribution in [0.1, 0.15) is 18.9 Å². The number of fused-ring (bicyclic) bond motifs is 1. The Hall–Kier alpha value is -2.64. The van der Waals surface area contributed by atoms with E-state index in [4.69, 9.17) is 0 Å². The first-order valence-electron chi connectivity index (χ1n) is 9.93. The third-order valence-corrected chi connectivity index (χ3v) is 6.63. The Labute approximate surface area is 172 Å². The first kappa shape index (κ1) is 19.7. The molecule has 6 nitrogen and oxygen atoms in total. The average molecular weight is 411 g/mol. The molecule has 0 spiro atoms. The van der Waals surface area contributed by atoms with Gasteiger partial charge in [0.2, 0.25) is 10.0 Å². The molecule has 2 N–H and O–H groups in total. The lowest BCUT2D eigenvalue weighted by molar-refractivity contribution is 0.328. The molecule has 152 valence electrons. The van der Waals surface area contributed by atoms with Gasteiger partial charge in [0.15, 0.2) is 0 Å². The van der Waals surface area contributed by atoms with Crippen LogP contribution in [0.5, 0.6) is 0 Å². The fraction of sp³-hybridized carbons (Fsp3) is 0.318. The van der Waals surface area contributed by atoms with Crippen LogP contribution in [0.15, 0.2) is 60.9 Å². The number of nitrogens with one attached hydrogen (secondary N) is 2. The van der Waals surface area contributed by atoms with Crippen molar-refractivity contribution in [3.8, 4) is 0 Å². The van der Waals surface area contributed by atoms with Gasteiger partial charge in [-0.3, -0.25) is 14.6 Å². The lowest BCUT2D eigenvalue weighted by atomic mass is 10.1. The maximum atomic E-state index is 11.7. The summed E-state index contributed by atoms with van der Waals surface area (Å²) in [4.78, 5) is 6.63. The maximum Gasteiger partial charge on any atom is 0.232 e. The lowest BCUT2D eigenvalue weighted by Gasteiger charge is -2.18. The molecular weight excluding hydrogens is 384 g/mol. The number of likely N-dealkylation sites (tertiary alicyclic amines) is 1. The predicted octanol–water partition coefficient (Wildman–Crippen LogP) is 3.68. The first-order chi connectivity index (χ1) is 14.0. The average Bonchev–Trinajstić information content (AvgIpc) is 3.16. The SMILES string of the molecule is CCS(=O)(=O)Nc1ccc(CN2CCC(Nc3cccc4cnccc34)C2)cc1. The molecule has 2 aromatic carbocycles. The first-order valence-corrected chi connectivity index (χ1v) is 11.6. The molecule has 0 bridgehead atoms. The highest BCUT2D eigenvalue weighted by Gasteiger charge is 2.22. The van der Waals surface area contributed by atoms with Crippen LogP contribution in [0.2, 0.25) is 0 Å². The minimum atomic E-state index is -3.23. The van der Waals surface area contributed by atoms with Gasteiger partial charge >= 0.3 is 0 Å². The summed E-state index contributed by atoms with van der Waals surface area (Å²) >= 11 is 0. The largest absolute Gasteiger partial charge is 0.380 e. The van der Waals surface area contributed by atoms with Crippen LogP contribution in [0.25, 0.3) is 10.8 Å². The molecule has 0 saturated carbocycles. The van der Waals surface area contributed by atoms with Gasteiger partial charge in [-0.1, -0.05) is 24.3 Å². The summed E-state index contributed by atoms with van der Waals surface area (Å²) in [5.74, 6) is 0.0735. The Morgan fingerprint density at radius 2 is 1.97 bits per heavy atom. The predicted molar refractivity (Wildman–Crippen MR) is 119 cm³/mol. The van der Waals surface area contributed by atoms with Crippen molar-refractivity contribution in [3.63, 3.8) is 0 Å². The van der Waals surface area contributed by atoms with E-state index in [1.165, 1.54) is 10.9 Å². The molecule has 2 heterocycles. The van der Waals surface area contributed by atoms with Crippen LogP contribution < -0.4 is 10.0 Å². The number of sulfonamides is 1. The molecule has 0 aliphatic carbocycles. The number of rotatable bonds is 7. The van der Waals surface area contributed by atoms with E-state index in [1.807, 2.05) is 36.7 Å². The van der Waals surface area contributed by atoms with Gasteiger partial charge in [-0.2, -0.15) is 0 Å². The van der Waals surface area contributed by atoms with Crippen LogP contribution in [-0.2, 0) is 16.6 Å². The van der Waals surface area contributed by atoms with Crippen LogP contribution in [0, 0.1) is 0 Å². The van der Waals surface area contributed by atoms with E-state index >= 15 is 0 Å². The van der Waals surface area contributed by atoms with Crippen molar-refractivity contribution in [2.45, 2.75) is 25.9 Å². The van der Waals surface area contributed by atoms with Gasteiger partial charge in [-0.15, -0.1) is 0 Å². The number of nitrogens with zero attached hydrogens (tertiary/aromatic N) is 2. The molecule has 0 radical (unpaired) electrons. The van der Waals surface area contributed by atoms with Gasteiger partial charge in [0, 0.05) is 60.2 Å². The van der Waals surface area contributed by atoms with Crippen molar-refractivity contribution >= 4 is 32.2 Å². The number of pyridine rings is 1. The van der Waals surface area contributed by atoms with E-state index in [1.54, 1.807) is 6.92 Å². The zero-order valence-electron chi connectivity index (χ0n) is 16.5. The topological polar surface area (TPSA) is 74.3 Å². The highest BCUT2D eigenvalue weighted by Crippen LogP contribution is 2.25. The fourth-order valence-electron chi connectivity index (χ4n) is 3.75. The molecule has 1 aromatic heterocycles. The van der Waals surface area contributed by atoms with E-state index in [0.717, 1.165) is 37.1 Å². The normalized spacial score (nSPS) is 17.5. The van der Waals surface area contributed by atoms with Gasteiger partial charge < -0.3 is 5.32 Å². The number of hydrogen-bond acceptors (Lipinski definition) is 5. The Bertz CT molecular complexity index is 1080. The van der Waals surface area contributed by atoms with Gasteiger partial charge in [0.05, 0.1) is 5.75 Å². The molecule has 7 heteroatoms. The third kappa shape index (κ3) is 4.86. The number of anilines is 2. The van der Waals surface area contributed by atoms with Crippen molar-refractivity contribution in [3.05, 3.63) is 66.5 Å². The van der Waals surface area contributed by atoms with Crippen molar-refractivity contribution in [2.24, 2.45) is 0 Å². The maximum absolute atomic E-state index is 11.7. The molecule has 1 fully saturated rings. The zero-order valence-corrected chi connectivity index (χ0v) is 17.3. The Morgan fingerprint density at radius 1 is 1.14 bits per heavy atom. The molecule has 0 amide bonds. The molecular formula is C22H26N4O2S. The summed E-state index contributed by atoms with van der Waals surface area (Å²) in [5, 5.41) is 6.04. The highest BCUT2D eigenvalue weighted by molar-refractivity contribution is 7.92. The van der Waals surface area contributed by atoms with Gasteiger partial charge in [-0.05, 0) is 43.2 Å². The molecule has 3 aromatic rings. The standard InChI is InChI=1S/C22H26N4O2S/c1-2-29(27,28)25-19-8-6-17(7-9-19)15-26-13-11-20(16-26)24-22-5-3-4-18-14-23-12-10-21(18)22/h3-10,12,14,20,24-25H,2,11,13,15-16H2,1H3. The summed E-state index contributed by atoms with van der Waals surface area (Å²) in [5.41, 5.74) is 2.95. The van der Waals surface area contributed by atoms with E-state index in [2.05, 4.69) is 44.2 Å². The summed E-state index contributed by atoms with van der Waals surface area (Å²) in [7, 11) is -3.23. The van der Waals surface area contributed by atoms with E-state index < -0.39 is 10.0 Å². The Kier molecular flexibility index (Phi) is 5.69. The smallest absolute Gasteiger partial charge is 0.232 e. The minimum absolute atomic E-state index is 0.0735. The van der Waals surface area contributed by atoms with Crippen molar-refractivity contribution < 1.29 is 8.42 Å². The Balaban J connectivity index is 1.35. The van der Waals surface area contributed by atoms with Crippen LogP contribution in [-0.4, -0.2) is 43.2 Å². The van der Waals surface area contributed by atoms with Gasteiger partial charge in [0.25, 0.3) is 0 Å². The highest BCUT2D eigenvalue weighted by atomic mass is 32.2. The van der Waals surface area contributed by atoms with Gasteiger partial charge in [-0.25, -0.2) is 8.42 Å². The summed E-state index contributed by atoms with van der Waals surface area (Å²) in [6, 6.07) is 16.4. The van der Waals surface area contributed by atoms with Crippen LogP contribution in [0.3, 0.4) is 0 Å². The monoisotopic (exact) mass is 410 g/mol. The van der Waals surface area contributed by atoms with E-state index in [9.17, 15) is 8.42 Å². The summed E-state index contributed by atoms with van der Waals surface area (Å²) in [6.45, 7) is 4.50. The van der Waals surface area contributed by atoms with Crippen LogP contribution in [0.4, 0.5) is 11.4 Å². The number of hydrogen-bond donors (Lipinski definition) is 2. The van der Waals surface area contributed by atoms with Crippen molar-refractivity contribution in [2.75, 3.05) is 28.9 Å². The molecule has 1 unspecified atom stereocenters. The molecule has 1 saturated heterocycles. The molecule has 1 atom stereocenters. The third-order valence-electron chi connectivity index (χ3n) is 5.33. The van der Waals surface area contributed by atoms with Crippen LogP contribution >= 0.6 is 0 Å². The fourth-order valence-corrected chi connectivity index (χ4v) is 4.39. The quantitative estimate of drug-likeness (QED) is 0.621. The summed E-state index contributed by atoms with van der Waals surface area (Å²) in [6.07, 6.45) is 4.82. The molecule has 1 aliphatic rings. The molecule has 29 heavy (non-hydrogen) atoms. The molecule has 1 aliphatic heterocycles. The van der Waals surface area contributed by atoms with Crippen molar-refractivity contribution in [1.29, 1.82) is 0 Å². The molecule has 4 rings (SSSR count). The number of benzene rings is 2. The second-order valence-electron chi connectivity index (χ2n) is 7.47. The minimum Gasteiger partial charge on any atom is -0.380 e. The van der Waals surface area contributed by atoms with Gasteiger partial charge in [0.1, 0.15) is 0 Å². The van der Waals surface area contributed by atoms with E-state index in [-0.39, 0.29) is 5.75 Å². The lowest BCUT2D eigenvalue weighted by Crippen LogP contribution is -2.26. The zero-order chi connectivity index (χ0) is 20.3. The number of aromatic nitrogens is 1. The van der Waals surface area contributed by atoms with Crippen molar-refractivity contribution in [1.82, 2.24) is 9.88 Å². The Morgan fingerprint density at radius 3 is 2.76 bits per heavy atom. The summed E-state index contributed by atoms with van der Waals surface area (Å²) < 4.78 is 25.9.